The van der Waals surface area contributed by atoms with Crippen LogP contribution in [0.1, 0.15) is 35.4 Å². The zero-order valence-electron chi connectivity index (χ0n) is 18.5. The molecule has 1 fully saturated rings. The van der Waals surface area contributed by atoms with Crippen LogP contribution < -0.4 is 10.1 Å². The van der Waals surface area contributed by atoms with Crippen molar-refractivity contribution in [2.45, 2.75) is 31.8 Å². The number of hydrogen-bond acceptors (Lipinski definition) is 9. The van der Waals surface area contributed by atoms with Gasteiger partial charge in [-0.1, -0.05) is 17.9 Å². The van der Waals surface area contributed by atoms with Crippen LogP contribution in [-0.4, -0.2) is 36.6 Å². The Labute approximate surface area is 201 Å². The molecule has 0 atom stereocenters. The van der Waals surface area contributed by atoms with Crippen molar-refractivity contribution in [1.82, 2.24) is 24.9 Å². The van der Waals surface area contributed by atoms with Gasteiger partial charge in [-0.2, -0.15) is 4.98 Å². The highest BCUT2D eigenvalue weighted by atomic mass is 32.1. The molecule has 1 aliphatic rings. The van der Waals surface area contributed by atoms with E-state index in [2.05, 4.69) is 48.1 Å². The predicted octanol–water partition coefficient (Wildman–Crippen LogP) is 4.24. The van der Waals surface area contributed by atoms with Crippen LogP contribution in [0.4, 0.5) is 11.6 Å². The Morgan fingerprint density at radius 3 is 2.79 bits per heavy atom. The van der Waals surface area contributed by atoms with Crippen LogP contribution in [0.2, 0.25) is 0 Å². The third-order valence-corrected chi connectivity index (χ3v) is 6.66. The quantitative estimate of drug-likeness (QED) is 0.403. The summed E-state index contributed by atoms with van der Waals surface area (Å²) in [5.41, 5.74) is 2.95. The highest BCUT2D eigenvalue weighted by Crippen LogP contribution is 2.44. The number of aryl methyl sites for hydroxylation is 1. The first-order valence-electron chi connectivity index (χ1n) is 10.8. The molecule has 2 N–H and O–H groups in total. The normalized spacial score (nSPS) is 13.9. The molecule has 0 aliphatic heterocycles. The van der Waals surface area contributed by atoms with Crippen molar-refractivity contribution in [1.29, 1.82) is 0 Å². The minimum Gasteiger partial charge on any atom is -0.464 e. The number of nitrogens with one attached hydrogen (secondary N) is 1. The Bertz CT molecular complexity index is 1360. The second kappa shape index (κ2) is 9.55. The van der Waals surface area contributed by atoms with E-state index in [-0.39, 0.29) is 6.61 Å². The lowest BCUT2D eigenvalue weighted by molar-refractivity contribution is -0.0389. The number of anilines is 2. The predicted molar refractivity (Wildman–Crippen MR) is 130 cm³/mol. The molecule has 5 rings (SSSR count). The van der Waals surface area contributed by atoms with Gasteiger partial charge in [0.1, 0.15) is 16.9 Å². The zero-order chi connectivity index (χ0) is 23.4. The second-order valence-corrected chi connectivity index (χ2v) is 9.09. The summed E-state index contributed by atoms with van der Waals surface area (Å²) >= 11 is 1.54. The molecule has 9 heteroatoms. The van der Waals surface area contributed by atoms with Gasteiger partial charge in [0.2, 0.25) is 11.8 Å². The minimum atomic E-state index is -0.749. The van der Waals surface area contributed by atoms with Gasteiger partial charge in [-0.05, 0) is 49.4 Å². The number of thiazole rings is 1. The topological polar surface area (TPSA) is 106 Å². The number of nitrogens with zero attached hydrogens (tertiary/aromatic N) is 5. The van der Waals surface area contributed by atoms with E-state index >= 15 is 0 Å². The molecule has 0 spiro atoms. The van der Waals surface area contributed by atoms with Crippen LogP contribution >= 0.6 is 11.3 Å². The van der Waals surface area contributed by atoms with Crippen molar-refractivity contribution >= 4 is 23.0 Å². The molecule has 34 heavy (non-hydrogen) atoms. The van der Waals surface area contributed by atoms with Gasteiger partial charge in [-0.3, -0.25) is 0 Å². The van der Waals surface area contributed by atoms with Gasteiger partial charge >= 0.3 is 0 Å². The molecular formula is C25H22N6O2S. The summed E-state index contributed by atoms with van der Waals surface area (Å²) in [4.78, 5) is 22.1. The van der Waals surface area contributed by atoms with Crippen LogP contribution in [0.3, 0.4) is 0 Å². The van der Waals surface area contributed by atoms with E-state index in [0.29, 0.717) is 11.8 Å². The molecule has 170 valence electrons. The maximum atomic E-state index is 10.6. The maximum Gasteiger partial charge on any atom is 0.230 e. The number of benzene rings is 1. The molecule has 0 unspecified atom stereocenters. The Balaban J connectivity index is 1.27. The maximum absolute atomic E-state index is 10.6. The van der Waals surface area contributed by atoms with Crippen LogP contribution in [-0.2, 0) is 5.60 Å². The van der Waals surface area contributed by atoms with Crippen LogP contribution in [0.25, 0.3) is 10.4 Å². The summed E-state index contributed by atoms with van der Waals surface area (Å²) < 4.78 is 5.64. The number of hydrogen-bond donors (Lipinski definition) is 2. The van der Waals surface area contributed by atoms with Crippen molar-refractivity contribution in [2.24, 2.45) is 0 Å². The van der Waals surface area contributed by atoms with Crippen LogP contribution in [0, 0.1) is 18.8 Å². The van der Waals surface area contributed by atoms with E-state index in [0.717, 1.165) is 51.5 Å². The third kappa shape index (κ3) is 5.03. The van der Waals surface area contributed by atoms with E-state index in [4.69, 9.17) is 4.74 Å². The standard InChI is InChI=1S/C25H22N6O2S/c1-17-10-19(21-15-29-23(34-21)25(32)6-3-7-25)12-20(11-17)30-24-28-8-5-22(31-24)33-9-2-4-18-13-26-16-27-14-18/h5,8,10-16,32H,3,6-7,9H2,1H3,(H,28,30,31). The van der Waals surface area contributed by atoms with Crippen molar-refractivity contribution in [2.75, 3.05) is 11.9 Å². The molecule has 1 aliphatic carbocycles. The van der Waals surface area contributed by atoms with Crippen molar-refractivity contribution in [3.8, 4) is 28.2 Å². The van der Waals surface area contributed by atoms with Crippen molar-refractivity contribution in [3.63, 3.8) is 0 Å². The lowest BCUT2D eigenvalue weighted by Crippen LogP contribution is -2.33. The average Bonchev–Trinajstić information content (AvgIpc) is 3.32. The number of rotatable bonds is 6. The van der Waals surface area contributed by atoms with E-state index in [1.807, 2.05) is 25.3 Å². The van der Waals surface area contributed by atoms with Gasteiger partial charge in [0.05, 0.1) is 10.4 Å². The Morgan fingerprint density at radius 2 is 2.00 bits per heavy atom. The summed E-state index contributed by atoms with van der Waals surface area (Å²) in [6.45, 7) is 2.22. The van der Waals surface area contributed by atoms with Gasteiger partial charge < -0.3 is 15.2 Å². The average molecular weight is 471 g/mol. The monoisotopic (exact) mass is 470 g/mol. The third-order valence-electron chi connectivity index (χ3n) is 5.42. The highest BCUT2D eigenvalue weighted by molar-refractivity contribution is 7.15. The highest BCUT2D eigenvalue weighted by Gasteiger charge is 2.39. The van der Waals surface area contributed by atoms with Gasteiger partial charge in [0.15, 0.2) is 6.61 Å². The largest absolute Gasteiger partial charge is 0.464 e. The number of aliphatic hydroxyl groups is 1. The van der Waals surface area contributed by atoms with Gasteiger partial charge in [0.25, 0.3) is 0 Å². The molecule has 3 aromatic heterocycles. The van der Waals surface area contributed by atoms with Crippen LogP contribution in [0.5, 0.6) is 5.88 Å². The van der Waals surface area contributed by atoms with E-state index < -0.39 is 5.60 Å². The lowest BCUT2D eigenvalue weighted by Gasteiger charge is -2.34. The van der Waals surface area contributed by atoms with E-state index in [9.17, 15) is 5.11 Å². The molecule has 4 aromatic rings. The molecule has 0 saturated heterocycles. The van der Waals surface area contributed by atoms with Crippen molar-refractivity contribution in [3.05, 3.63) is 71.5 Å². The Morgan fingerprint density at radius 1 is 1.15 bits per heavy atom. The van der Waals surface area contributed by atoms with Gasteiger partial charge in [-0.25, -0.2) is 19.9 Å². The first-order valence-corrected chi connectivity index (χ1v) is 11.7. The number of ether oxygens (including phenoxy) is 1. The van der Waals surface area contributed by atoms with Gasteiger partial charge in [0, 0.05) is 36.5 Å². The molecule has 1 saturated carbocycles. The zero-order valence-corrected chi connectivity index (χ0v) is 19.3. The van der Waals surface area contributed by atoms with Crippen molar-refractivity contribution < 1.29 is 9.84 Å². The van der Waals surface area contributed by atoms with E-state index in [1.54, 1.807) is 36.0 Å². The molecule has 8 nitrogen and oxygen atoms in total. The number of aromatic nitrogens is 5. The fraction of sp³-hybridized carbons (Fsp3) is 0.240. The first kappa shape index (κ1) is 21.9. The molecule has 0 radical (unpaired) electrons. The smallest absolute Gasteiger partial charge is 0.230 e. The fourth-order valence-corrected chi connectivity index (χ4v) is 4.62. The fourth-order valence-electron chi connectivity index (χ4n) is 3.57. The summed E-state index contributed by atoms with van der Waals surface area (Å²) in [7, 11) is 0. The molecule has 1 aromatic carbocycles. The Kier molecular flexibility index (Phi) is 6.16. The first-order chi connectivity index (χ1) is 16.6. The Hall–Kier alpha value is -3.87. The molecule has 0 bridgehead atoms. The minimum absolute atomic E-state index is 0.181. The van der Waals surface area contributed by atoms with Crippen LogP contribution in [0.15, 0.2) is 55.4 Å². The summed E-state index contributed by atoms with van der Waals surface area (Å²) in [5.74, 6) is 6.70. The summed E-state index contributed by atoms with van der Waals surface area (Å²) in [5, 5.41) is 14.6. The lowest BCUT2D eigenvalue weighted by atomic mass is 9.81. The van der Waals surface area contributed by atoms with E-state index in [1.165, 1.54) is 6.33 Å². The molecular weight excluding hydrogens is 448 g/mol. The molecule has 3 heterocycles. The summed E-state index contributed by atoms with van der Waals surface area (Å²) in [6.07, 6.45) is 10.8. The van der Waals surface area contributed by atoms with Gasteiger partial charge in [-0.15, -0.1) is 11.3 Å². The second-order valence-electron chi connectivity index (χ2n) is 8.06. The SMILES string of the molecule is Cc1cc(Nc2nccc(OCC#Cc3cncnc3)n2)cc(-c2cnc(C3(O)CCC3)s2)c1. The summed E-state index contributed by atoms with van der Waals surface area (Å²) in [6, 6.07) is 7.84. The molecule has 0 amide bonds.